The lowest BCUT2D eigenvalue weighted by Crippen LogP contribution is -2.38. The zero-order valence-corrected chi connectivity index (χ0v) is 12.2. The van der Waals surface area contributed by atoms with Crippen LogP contribution in [0, 0.1) is 5.92 Å². The Morgan fingerprint density at radius 1 is 1.38 bits per heavy atom. The summed E-state index contributed by atoms with van der Waals surface area (Å²) >= 11 is 0. The second kappa shape index (κ2) is 7.66. The number of halogens is 2. The SMILES string of the molecule is CCOC(=O)c1cccnc1CN(C(=O)C(C)C)C(F)F. The summed E-state index contributed by atoms with van der Waals surface area (Å²) in [5.74, 6) is -1.92. The Hall–Kier alpha value is -2.05. The van der Waals surface area contributed by atoms with Crippen LogP contribution in [0.2, 0.25) is 0 Å². The summed E-state index contributed by atoms with van der Waals surface area (Å²) in [4.78, 5) is 27.9. The zero-order valence-electron chi connectivity index (χ0n) is 12.2. The van der Waals surface area contributed by atoms with Crippen LogP contribution in [0.15, 0.2) is 18.3 Å². The molecule has 116 valence electrons. The number of ether oxygens (including phenoxy) is 1. The summed E-state index contributed by atoms with van der Waals surface area (Å²) < 4.78 is 30.9. The lowest BCUT2D eigenvalue weighted by molar-refractivity contribution is -0.149. The number of amides is 1. The van der Waals surface area contributed by atoms with Gasteiger partial charge in [-0.15, -0.1) is 0 Å². The second-order valence-corrected chi connectivity index (χ2v) is 4.62. The first-order valence-electron chi connectivity index (χ1n) is 6.58. The molecule has 0 radical (unpaired) electrons. The fourth-order valence-electron chi connectivity index (χ4n) is 1.69. The lowest BCUT2D eigenvalue weighted by Gasteiger charge is -2.23. The van der Waals surface area contributed by atoms with Crippen LogP contribution in [0.4, 0.5) is 8.78 Å². The van der Waals surface area contributed by atoms with E-state index >= 15 is 0 Å². The number of pyridine rings is 1. The first-order chi connectivity index (χ1) is 9.88. The molecule has 1 rings (SSSR count). The highest BCUT2D eigenvalue weighted by molar-refractivity contribution is 5.90. The molecule has 0 aliphatic rings. The van der Waals surface area contributed by atoms with E-state index in [1.165, 1.54) is 32.2 Å². The topological polar surface area (TPSA) is 59.5 Å². The number of aromatic nitrogens is 1. The molecule has 0 saturated carbocycles. The predicted octanol–water partition coefficient (Wildman–Crippen LogP) is 2.47. The van der Waals surface area contributed by atoms with Crippen molar-refractivity contribution in [1.29, 1.82) is 0 Å². The van der Waals surface area contributed by atoms with Gasteiger partial charge in [-0.3, -0.25) is 14.7 Å². The quantitative estimate of drug-likeness (QED) is 0.598. The van der Waals surface area contributed by atoms with Gasteiger partial charge in [0.15, 0.2) is 0 Å². The van der Waals surface area contributed by atoms with Crippen LogP contribution in [0.3, 0.4) is 0 Å². The molecular formula is C14H18F2N2O3. The van der Waals surface area contributed by atoms with E-state index < -0.39 is 30.9 Å². The van der Waals surface area contributed by atoms with Gasteiger partial charge >= 0.3 is 12.5 Å². The minimum Gasteiger partial charge on any atom is -0.462 e. The highest BCUT2D eigenvalue weighted by Crippen LogP contribution is 2.16. The predicted molar refractivity (Wildman–Crippen MR) is 71.6 cm³/mol. The van der Waals surface area contributed by atoms with Crippen molar-refractivity contribution in [1.82, 2.24) is 9.88 Å². The highest BCUT2D eigenvalue weighted by Gasteiger charge is 2.27. The van der Waals surface area contributed by atoms with E-state index in [2.05, 4.69) is 4.98 Å². The van der Waals surface area contributed by atoms with E-state index in [0.29, 0.717) is 4.90 Å². The molecule has 1 aromatic rings. The summed E-state index contributed by atoms with van der Waals surface area (Å²) in [5.41, 5.74) is 0.173. The Labute approximate surface area is 121 Å². The van der Waals surface area contributed by atoms with E-state index in [0.717, 1.165) is 0 Å². The van der Waals surface area contributed by atoms with Crippen LogP contribution >= 0.6 is 0 Å². The van der Waals surface area contributed by atoms with Crippen LogP contribution in [0.25, 0.3) is 0 Å². The van der Waals surface area contributed by atoms with Gasteiger partial charge in [-0.1, -0.05) is 13.8 Å². The zero-order chi connectivity index (χ0) is 16.0. The standard InChI is InChI=1S/C14H18F2N2O3/c1-4-21-13(20)10-6-5-7-17-11(10)8-18(14(15)16)12(19)9(2)3/h5-7,9,14H,4,8H2,1-3H3. The van der Waals surface area contributed by atoms with E-state index in [1.54, 1.807) is 6.92 Å². The number of esters is 1. The van der Waals surface area contributed by atoms with Gasteiger partial charge in [-0.2, -0.15) is 8.78 Å². The van der Waals surface area contributed by atoms with Gasteiger partial charge < -0.3 is 4.74 Å². The van der Waals surface area contributed by atoms with Crippen molar-refractivity contribution in [2.75, 3.05) is 6.61 Å². The van der Waals surface area contributed by atoms with Gasteiger partial charge in [-0.25, -0.2) is 4.79 Å². The molecule has 0 aliphatic carbocycles. The third-order valence-corrected chi connectivity index (χ3v) is 2.72. The van der Waals surface area contributed by atoms with Crippen LogP contribution in [-0.2, 0) is 16.1 Å². The number of hydrogen-bond donors (Lipinski definition) is 0. The van der Waals surface area contributed by atoms with Crippen molar-refractivity contribution in [3.8, 4) is 0 Å². The summed E-state index contributed by atoms with van der Waals surface area (Å²) in [7, 11) is 0. The third kappa shape index (κ3) is 4.47. The molecule has 0 aromatic carbocycles. The summed E-state index contributed by atoms with van der Waals surface area (Å²) in [6, 6.07) is 2.94. The molecule has 0 N–H and O–H groups in total. The smallest absolute Gasteiger partial charge is 0.340 e. The molecule has 7 heteroatoms. The molecule has 0 saturated heterocycles. The molecule has 1 aromatic heterocycles. The van der Waals surface area contributed by atoms with Crippen molar-refractivity contribution in [2.24, 2.45) is 5.92 Å². The van der Waals surface area contributed by atoms with E-state index in [9.17, 15) is 18.4 Å². The first-order valence-corrected chi connectivity index (χ1v) is 6.58. The van der Waals surface area contributed by atoms with Crippen molar-refractivity contribution in [2.45, 2.75) is 33.9 Å². The number of alkyl halides is 2. The molecule has 5 nitrogen and oxygen atoms in total. The minimum absolute atomic E-state index is 0.0848. The lowest BCUT2D eigenvalue weighted by atomic mass is 10.1. The number of carbonyl (C=O) groups is 2. The Morgan fingerprint density at radius 3 is 2.57 bits per heavy atom. The number of carbonyl (C=O) groups excluding carboxylic acids is 2. The fraction of sp³-hybridized carbons (Fsp3) is 0.500. The van der Waals surface area contributed by atoms with E-state index in [-0.39, 0.29) is 17.9 Å². The average molecular weight is 300 g/mol. The van der Waals surface area contributed by atoms with Crippen molar-refractivity contribution >= 4 is 11.9 Å². The maximum atomic E-state index is 13.0. The Kier molecular flexibility index (Phi) is 6.20. The third-order valence-electron chi connectivity index (χ3n) is 2.72. The summed E-state index contributed by atoms with van der Waals surface area (Å²) in [6.45, 7) is 1.46. The molecule has 0 unspecified atom stereocenters. The second-order valence-electron chi connectivity index (χ2n) is 4.62. The maximum Gasteiger partial charge on any atom is 0.340 e. The molecule has 0 atom stereocenters. The largest absolute Gasteiger partial charge is 0.462 e. The number of hydrogen-bond acceptors (Lipinski definition) is 4. The van der Waals surface area contributed by atoms with E-state index in [4.69, 9.17) is 4.74 Å². The molecule has 21 heavy (non-hydrogen) atoms. The van der Waals surface area contributed by atoms with Gasteiger partial charge in [-0.05, 0) is 19.1 Å². The van der Waals surface area contributed by atoms with Crippen molar-refractivity contribution < 1.29 is 23.1 Å². The number of nitrogens with zero attached hydrogens (tertiary/aromatic N) is 2. The highest BCUT2D eigenvalue weighted by atomic mass is 19.3. The Balaban J connectivity index is 3.04. The van der Waals surface area contributed by atoms with Crippen molar-refractivity contribution in [3.05, 3.63) is 29.6 Å². The molecule has 0 fully saturated rings. The van der Waals surface area contributed by atoms with Gasteiger partial charge in [0.25, 0.3) is 0 Å². The Morgan fingerprint density at radius 2 is 2.05 bits per heavy atom. The summed E-state index contributed by atoms with van der Waals surface area (Å²) in [6.07, 6.45) is 1.38. The van der Waals surface area contributed by atoms with Gasteiger partial charge in [0.1, 0.15) is 0 Å². The minimum atomic E-state index is -2.96. The normalized spacial score (nSPS) is 10.8. The van der Waals surface area contributed by atoms with Crippen LogP contribution in [0.5, 0.6) is 0 Å². The fourth-order valence-corrected chi connectivity index (χ4v) is 1.69. The van der Waals surface area contributed by atoms with Crippen LogP contribution in [0.1, 0.15) is 36.8 Å². The summed E-state index contributed by atoms with van der Waals surface area (Å²) in [5, 5.41) is 0. The first kappa shape index (κ1) is 17.0. The Bertz CT molecular complexity index is 507. The average Bonchev–Trinajstić information content (AvgIpc) is 2.44. The molecule has 1 heterocycles. The van der Waals surface area contributed by atoms with Gasteiger partial charge in [0.2, 0.25) is 5.91 Å². The van der Waals surface area contributed by atoms with Crippen LogP contribution in [-0.4, -0.2) is 34.9 Å². The molecule has 0 aliphatic heterocycles. The molecule has 0 spiro atoms. The van der Waals surface area contributed by atoms with Gasteiger partial charge in [0.05, 0.1) is 24.4 Å². The van der Waals surface area contributed by atoms with Crippen molar-refractivity contribution in [3.63, 3.8) is 0 Å². The monoisotopic (exact) mass is 300 g/mol. The molecular weight excluding hydrogens is 282 g/mol. The number of rotatable bonds is 6. The maximum absolute atomic E-state index is 13.0. The van der Waals surface area contributed by atoms with Gasteiger partial charge in [0, 0.05) is 12.1 Å². The molecule has 0 bridgehead atoms. The molecule has 1 amide bonds. The van der Waals surface area contributed by atoms with Crippen LogP contribution < -0.4 is 0 Å². The van der Waals surface area contributed by atoms with E-state index in [1.807, 2.05) is 0 Å².